The molecule has 4 aromatic rings. The first kappa shape index (κ1) is 30.8. The number of anilines is 1. The second-order valence-electron chi connectivity index (χ2n) is 11.8. The average molecular weight is 642 g/mol. The molecule has 45 heavy (non-hydrogen) atoms. The molecular formula is C32H34ClF2N5O5. The number of para-hydroxylation sites is 1. The number of alkyl halides is 2. The minimum absolute atomic E-state index is 0.00180. The summed E-state index contributed by atoms with van der Waals surface area (Å²) in [6, 6.07) is 13.3. The van der Waals surface area contributed by atoms with Crippen molar-refractivity contribution in [1.29, 1.82) is 0 Å². The van der Waals surface area contributed by atoms with E-state index in [4.69, 9.17) is 31.3 Å². The third-order valence-corrected chi connectivity index (χ3v) is 8.63. The van der Waals surface area contributed by atoms with Crippen molar-refractivity contribution in [3.8, 4) is 22.8 Å². The highest BCUT2D eigenvalue weighted by atomic mass is 35.5. The van der Waals surface area contributed by atoms with Gasteiger partial charge in [-0.3, -0.25) is 4.79 Å². The van der Waals surface area contributed by atoms with Crippen molar-refractivity contribution >= 4 is 23.3 Å². The van der Waals surface area contributed by atoms with Gasteiger partial charge < -0.3 is 29.7 Å². The van der Waals surface area contributed by atoms with E-state index in [1.54, 1.807) is 47.1 Å². The molecule has 2 aromatic carbocycles. The molecule has 2 aliphatic rings. The molecule has 2 aromatic heterocycles. The number of hydrogen-bond donors (Lipinski definition) is 2. The Kier molecular flexibility index (Phi) is 8.45. The summed E-state index contributed by atoms with van der Waals surface area (Å²) in [7, 11) is 0. The van der Waals surface area contributed by atoms with Crippen LogP contribution in [0.1, 0.15) is 78.9 Å². The van der Waals surface area contributed by atoms with E-state index in [9.17, 15) is 18.7 Å². The molecule has 238 valence electrons. The van der Waals surface area contributed by atoms with E-state index in [0.29, 0.717) is 64.8 Å². The SMILES string of the molecule is CC(C)n1nc(C(N)=O)cc1N1CCC(O)(c2ccc(OCc3c(-c4ccccc4OC(F)F)noc3C3CC3)cc2Cl)CC1. The quantitative estimate of drug-likeness (QED) is 0.192. The lowest BCUT2D eigenvalue weighted by Gasteiger charge is -2.40. The smallest absolute Gasteiger partial charge is 0.387 e. The Labute approximate surface area is 263 Å². The number of nitrogens with two attached hydrogens (primary N) is 1. The Balaban J connectivity index is 1.18. The zero-order valence-electron chi connectivity index (χ0n) is 24.9. The number of piperidine rings is 1. The Morgan fingerprint density at radius 3 is 2.56 bits per heavy atom. The van der Waals surface area contributed by atoms with Gasteiger partial charge >= 0.3 is 6.61 Å². The number of aromatic nitrogens is 3. The number of benzene rings is 2. The van der Waals surface area contributed by atoms with Gasteiger partial charge in [0, 0.05) is 42.2 Å². The largest absolute Gasteiger partial charge is 0.489 e. The molecule has 2 fully saturated rings. The number of aliphatic hydroxyl groups is 1. The fourth-order valence-corrected chi connectivity index (χ4v) is 6.16. The number of primary amides is 1. The molecule has 10 nitrogen and oxygen atoms in total. The first-order valence-electron chi connectivity index (χ1n) is 14.9. The highest BCUT2D eigenvalue weighted by molar-refractivity contribution is 6.31. The maximum Gasteiger partial charge on any atom is 0.387 e. The van der Waals surface area contributed by atoms with Crippen LogP contribution in [0.3, 0.4) is 0 Å². The summed E-state index contributed by atoms with van der Waals surface area (Å²) in [5, 5.41) is 20.6. The van der Waals surface area contributed by atoms with Crippen LogP contribution in [0.5, 0.6) is 11.5 Å². The predicted molar refractivity (Wildman–Crippen MR) is 163 cm³/mol. The van der Waals surface area contributed by atoms with Gasteiger partial charge in [0.1, 0.15) is 35.4 Å². The van der Waals surface area contributed by atoms with Gasteiger partial charge in [0.15, 0.2) is 5.69 Å². The average Bonchev–Trinajstić information content (AvgIpc) is 3.59. The lowest BCUT2D eigenvalue weighted by molar-refractivity contribution is -0.0494. The van der Waals surface area contributed by atoms with Gasteiger partial charge in [0.2, 0.25) is 0 Å². The summed E-state index contributed by atoms with van der Waals surface area (Å²) < 4.78 is 44.5. The molecule has 13 heteroatoms. The second kappa shape index (κ2) is 12.3. The summed E-state index contributed by atoms with van der Waals surface area (Å²) in [6.45, 7) is 2.06. The number of amides is 1. The van der Waals surface area contributed by atoms with Crippen molar-refractivity contribution in [3.63, 3.8) is 0 Å². The molecule has 0 unspecified atom stereocenters. The lowest BCUT2D eigenvalue weighted by atomic mass is 9.84. The molecule has 6 rings (SSSR count). The number of halogens is 3. The Bertz CT molecular complexity index is 1690. The van der Waals surface area contributed by atoms with Crippen LogP contribution >= 0.6 is 11.6 Å². The maximum absolute atomic E-state index is 13.1. The molecule has 1 saturated heterocycles. The molecule has 0 spiro atoms. The molecule has 3 heterocycles. The monoisotopic (exact) mass is 641 g/mol. The van der Waals surface area contributed by atoms with E-state index in [0.717, 1.165) is 18.7 Å². The van der Waals surface area contributed by atoms with E-state index in [1.165, 1.54) is 6.07 Å². The van der Waals surface area contributed by atoms with E-state index in [1.807, 2.05) is 13.8 Å². The maximum atomic E-state index is 13.1. The predicted octanol–water partition coefficient (Wildman–Crippen LogP) is 6.42. The zero-order chi connectivity index (χ0) is 31.9. The highest BCUT2D eigenvalue weighted by Crippen LogP contribution is 2.46. The van der Waals surface area contributed by atoms with Crippen molar-refractivity contribution in [2.45, 2.75) is 70.3 Å². The summed E-state index contributed by atoms with van der Waals surface area (Å²) >= 11 is 6.72. The van der Waals surface area contributed by atoms with E-state index < -0.39 is 18.1 Å². The normalized spacial score (nSPS) is 16.4. The summed E-state index contributed by atoms with van der Waals surface area (Å²) in [5.41, 5.74) is 6.52. The van der Waals surface area contributed by atoms with E-state index in [2.05, 4.69) is 15.2 Å². The van der Waals surface area contributed by atoms with Crippen LogP contribution in [0.2, 0.25) is 5.02 Å². The minimum Gasteiger partial charge on any atom is -0.489 e. The van der Waals surface area contributed by atoms with Gasteiger partial charge in [0.25, 0.3) is 5.91 Å². The zero-order valence-corrected chi connectivity index (χ0v) is 25.6. The molecule has 1 aliphatic carbocycles. The van der Waals surface area contributed by atoms with E-state index in [-0.39, 0.29) is 30.0 Å². The Morgan fingerprint density at radius 2 is 1.91 bits per heavy atom. The molecule has 1 saturated carbocycles. The number of carbonyl (C=O) groups excluding carboxylic acids is 1. The van der Waals surface area contributed by atoms with Gasteiger partial charge in [-0.15, -0.1) is 0 Å². The van der Waals surface area contributed by atoms with Crippen LogP contribution in [0.25, 0.3) is 11.3 Å². The molecule has 1 aliphatic heterocycles. The first-order valence-corrected chi connectivity index (χ1v) is 15.2. The van der Waals surface area contributed by atoms with Crippen LogP contribution in [0.15, 0.2) is 53.1 Å². The van der Waals surface area contributed by atoms with Gasteiger partial charge in [-0.1, -0.05) is 35.0 Å². The van der Waals surface area contributed by atoms with Crippen molar-refractivity contribution in [3.05, 3.63) is 76.1 Å². The third-order valence-electron chi connectivity index (χ3n) is 8.32. The fraction of sp³-hybridized carbons (Fsp3) is 0.406. The first-order chi connectivity index (χ1) is 21.5. The summed E-state index contributed by atoms with van der Waals surface area (Å²) in [6.07, 6.45) is 2.69. The van der Waals surface area contributed by atoms with Crippen molar-refractivity contribution in [2.24, 2.45) is 5.73 Å². The van der Waals surface area contributed by atoms with Gasteiger partial charge in [-0.25, -0.2) is 4.68 Å². The Hall–Kier alpha value is -4.16. The lowest BCUT2D eigenvalue weighted by Crippen LogP contribution is -2.43. The van der Waals surface area contributed by atoms with Gasteiger partial charge in [0.05, 0.1) is 16.2 Å². The van der Waals surface area contributed by atoms with Gasteiger partial charge in [-0.05, 0) is 63.8 Å². The molecule has 1 amide bonds. The molecule has 0 radical (unpaired) electrons. The molecule has 3 N–H and O–H groups in total. The van der Waals surface area contributed by atoms with Crippen molar-refractivity contribution in [2.75, 3.05) is 18.0 Å². The Morgan fingerprint density at radius 1 is 1.18 bits per heavy atom. The number of ether oxygens (including phenoxy) is 2. The fourth-order valence-electron chi connectivity index (χ4n) is 5.82. The highest BCUT2D eigenvalue weighted by Gasteiger charge is 2.37. The van der Waals surface area contributed by atoms with Gasteiger partial charge in [-0.2, -0.15) is 13.9 Å². The number of carbonyl (C=O) groups is 1. The van der Waals surface area contributed by atoms with Crippen LogP contribution in [0.4, 0.5) is 14.6 Å². The van der Waals surface area contributed by atoms with Crippen LogP contribution in [0, 0.1) is 0 Å². The third kappa shape index (κ3) is 6.34. The number of nitrogens with zero attached hydrogens (tertiary/aromatic N) is 4. The van der Waals surface area contributed by atoms with Crippen LogP contribution in [-0.2, 0) is 12.2 Å². The number of rotatable bonds is 11. The van der Waals surface area contributed by atoms with Crippen molar-refractivity contribution < 1.29 is 32.7 Å². The standard InChI is InChI=1S/C32H34ClF2N5O5/c1-18(2)40-27(16-25(37-40)30(36)41)39-13-11-32(42,12-14-39)23-10-9-20(15-24(23)33)43-17-22-28(38-45-29(22)19-7-8-19)21-5-3-4-6-26(21)44-31(34)35/h3-6,9-10,15-16,18-19,31,42H,7-8,11-14,17H2,1-2H3,(H2,36,41). The van der Waals surface area contributed by atoms with E-state index >= 15 is 0 Å². The van der Waals surface area contributed by atoms with Crippen molar-refractivity contribution in [1.82, 2.24) is 14.9 Å². The van der Waals surface area contributed by atoms with Crippen LogP contribution < -0.4 is 20.1 Å². The number of hydrogen-bond acceptors (Lipinski definition) is 8. The topological polar surface area (TPSA) is 129 Å². The molecular weight excluding hydrogens is 608 g/mol. The second-order valence-corrected chi connectivity index (χ2v) is 12.2. The summed E-state index contributed by atoms with van der Waals surface area (Å²) in [4.78, 5) is 13.8. The minimum atomic E-state index is -2.98. The summed E-state index contributed by atoms with van der Waals surface area (Å²) in [5.74, 6) is 1.52. The molecule has 0 atom stereocenters. The van der Waals surface area contributed by atoms with Crippen LogP contribution in [-0.4, -0.2) is 45.7 Å². The molecule has 0 bridgehead atoms.